The van der Waals surface area contributed by atoms with Gasteiger partial charge < -0.3 is 10.2 Å². The predicted molar refractivity (Wildman–Crippen MR) is 92.7 cm³/mol. The van der Waals surface area contributed by atoms with Crippen molar-refractivity contribution in [1.82, 2.24) is 10.2 Å². The second-order valence-corrected chi connectivity index (χ2v) is 5.61. The molecule has 0 bridgehead atoms. The minimum absolute atomic E-state index is 0.00789. The van der Waals surface area contributed by atoms with Gasteiger partial charge in [-0.3, -0.25) is 10.1 Å². The molecule has 7 heteroatoms. The Morgan fingerprint density at radius 1 is 1.32 bits per heavy atom. The zero-order valence-electron chi connectivity index (χ0n) is 14.0. The molecule has 2 amide bonds. The molecule has 2 rings (SSSR count). The topological polar surface area (TPSA) is 99.3 Å². The Labute approximate surface area is 145 Å². The summed E-state index contributed by atoms with van der Waals surface area (Å²) in [4.78, 5) is 24.2. The minimum atomic E-state index is -0.460. The Morgan fingerprint density at radius 2 is 2.04 bits per heavy atom. The number of carbonyl (C=O) groups excluding carboxylic acids is 1. The number of benzene rings is 2. The first kappa shape index (κ1) is 17.9. The van der Waals surface area contributed by atoms with E-state index in [4.69, 9.17) is 5.26 Å². The highest BCUT2D eigenvalue weighted by Crippen LogP contribution is 2.23. The molecule has 2 aromatic carbocycles. The van der Waals surface area contributed by atoms with Gasteiger partial charge in [-0.25, -0.2) is 4.79 Å². The van der Waals surface area contributed by atoms with Crippen LogP contribution in [0.5, 0.6) is 0 Å². The average Bonchev–Trinajstić information content (AvgIpc) is 2.65. The molecule has 1 atom stereocenters. The van der Waals surface area contributed by atoms with Crippen LogP contribution in [0.1, 0.15) is 29.7 Å². The monoisotopic (exact) mass is 338 g/mol. The van der Waals surface area contributed by atoms with E-state index in [0.717, 1.165) is 5.56 Å². The van der Waals surface area contributed by atoms with Crippen molar-refractivity contribution < 1.29 is 9.72 Å². The highest BCUT2D eigenvalue weighted by atomic mass is 16.6. The number of nitrogens with one attached hydrogen (secondary N) is 1. The molecule has 0 spiro atoms. The smallest absolute Gasteiger partial charge is 0.317 e. The first-order valence-electron chi connectivity index (χ1n) is 7.66. The number of rotatable bonds is 5. The van der Waals surface area contributed by atoms with Crippen LogP contribution in [0.25, 0.3) is 0 Å². The summed E-state index contributed by atoms with van der Waals surface area (Å²) in [5.74, 6) is 0. The van der Waals surface area contributed by atoms with Gasteiger partial charge >= 0.3 is 6.03 Å². The van der Waals surface area contributed by atoms with Gasteiger partial charge in [-0.2, -0.15) is 5.26 Å². The molecule has 0 fully saturated rings. The van der Waals surface area contributed by atoms with Crippen molar-refractivity contribution in [1.29, 1.82) is 5.26 Å². The van der Waals surface area contributed by atoms with Crippen molar-refractivity contribution in [3.05, 3.63) is 75.3 Å². The SMILES string of the molecule is C[C@@H](c1cccc([N+](=O)[O-])c1)N(C)C(=O)NCc1cccc(C#N)c1. The number of hydrogen-bond acceptors (Lipinski definition) is 4. The standard InChI is InChI=1S/C18H18N4O3/c1-13(16-7-4-8-17(10-16)22(24)25)21(2)18(23)20-12-15-6-3-5-14(9-15)11-19/h3-10,13H,12H2,1-2H3,(H,20,23)/t13-/m0/s1. The number of urea groups is 1. The average molecular weight is 338 g/mol. The fourth-order valence-corrected chi connectivity index (χ4v) is 2.35. The molecule has 0 saturated carbocycles. The Morgan fingerprint density at radius 3 is 2.72 bits per heavy atom. The maximum Gasteiger partial charge on any atom is 0.317 e. The Balaban J connectivity index is 2.02. The summed E-state index contributed by atoms with van der Waals surface area (Å²) in [5.41, 5.74) is 2.03. The summed E-state index contributed by atoms with van der Waals surface area (Å²) >= 11 is 0. The molecule has 0 unspecified atom stereocenters. The Hall–Kier alpha value is -3.40. The molecule has 0 aliphatic carbocycles. The molecule has 0 saturated heterocycles. The van der Waals surface area contributed by atoms with E-state index in [0.29, 0.717) is 17.7 Å². The molecule has 0 radical (unpaired) electrons. The van der Waals surface area contributed by atoms with Crippen molar-refractivity contribution in [2.45, 2.75) is 19.5 Å². The van der Waals surface area contributed by atoms with Crippen LogP contribution in [0.15, 0.2) is 48.5 Å². The van der Waals surface area contributed by atoms with Gasteiger partial charge in [0.2, 0.25) is 0 Å². The number of non-ortho nitro benzene ring substituents is 1. The second kappa shape index (κ2) is 7.93. The van der Waals surface area contributed by atoms with E-state index in [1.807, 2.05) is 6.07 Å². The zero-order valence-corrected chi connectivity index (χ0v) is 14.0. The van der Waals surface area contributed by atoms with Gasteiger partial charge in [0.1, 0.15) is 0 Å². The lowest BCUT2D eigenvalue weighted by Crippen LogP contribution is -2.38. The number of nitrogens with zero attached hydrogens (tertiary/aromatic N) is 3. The fraction of sp³-hybridized carbons (Fsp3) is 0.222. The van der Waals surface area contributed by atoms with E-state index < -0.39 is 4.92 Å². The van der Waals surface area contributed by atoms with Gasteiger partial charge in [0.25, 0.3) is 5.69 Å². The number of hydrogen-bond donors (Lipinski definition) is 1. The fourth-order valence-electron chi connectivity index (χ4n) is 2.35. The Kier molecular flexibility index (Phi) is 5.69. The van der Waals surface area contributed by atoms with Gasteiger partial charge in [-0.05, 0) is 30.2 Å². The van der Waals surface area contributed by atoms with Crippen LogP contribution < -0.4 is 5.32 Å². The third-order valence-corrected chi connectivity index (χ3v) is 3.96. The van der Waals surface area contributed by atoms with E-state index in [1.54, 1.807) is 44.3 Å². The number of nitro benzene ring substituents is 1. The molecule has 0 aliphatic heterocycles. The van der Waals surface area contributed by atoms with Crippen LogP contribution in [-0.4, -0.2) is 22.9 Å². The first-order chi connectivity index (χ1) is 11.9. The molecule has 2 aromatic rings. The molecule has 128 valence electrons. The van der Waals surface area contributed by atoms with Crippen LogP contribution in [-0.2, 0) is 6.54 Å². The first-order valence-corrected chi connectivity index (χ1v) is 7.66. The van der Waals surface area contributed by atoms with Gasteiger partial charge in [0.15, 0.2) is 0 Å². The number of amides is 2. The lowest BCUT2D eigenvalue weighted by molar-refractivity contribution is -0.384. The van der Waals surface area contributed by atoms with Crippen molar-refractivity contribution in [2.75, 3.05) is 7.05 Å². The molecule has 0 aliphatic rings. The van der Waals surface area contributed by atoms with Crippen LogP contribution in [0.3, 0.4) is 0 Å². The molecule has 1 N–H and O–H groups in total. The number of nitro groups is 1. The molecule has 0 heterocycles. The summed E-state index contributed by atoms with van der Waals surface area (Å²) in [5, 5.41) is 22.6. The zero-order chi connectivity index (χ0) is 18.4. The van der Waals surface area contributed by atoms with Crippen LogP contribution in [0.2, 0.25) is 0 Å². The maximum absolute atomic E-state index is 12.3. The summed E-state index contributed by atoms with van der Waals surface area (Å²) in [6, 6.07) is 14.6. The van der Waals surface area contributed by atoms with Gasteiger partial charge in [-0.1, -0.05) is 24.3 Å². The third-order valence-electron chi connectivity index (χ3n) is 3.96. The summed E-state index contributed by atoms with van der Waals surface area (Å²) in [7, 11) is 1.63. The highest BCUT2D eigenvalue weighted by Gasteiger charge is 2.19. The van der Waals surface area contributed by atoms with Crippen molar-refractivity contribution in [3.63, 3.8) is 0 Å². The second-order valence-electron chi connectivity index (χ2n) is 5.61. The third kappa shape index (κ3) is 4.54. The lowest BCUT2D eigenvalue weighted by atomic mass is 10.1. The summed E-state index contributed by atoms with van der Waals surface area (Å²) < 4.78 is 0. The van der Waals surface area contributed by atoms with E-state index in [1.165, 1.54) is 17.0 Å². The summed E-state index contributed by atoms with van der Waals surface area (Å²) in [6.45, 7) is 2.09. The highest BCUT2D eigenvalue weighted by molar-refractivity contribution is 5.74. The number of nitriles is 1. The van der Waals surface area contributed by atoms with Gasteiger partial charge in [0, 0.05) is 25.7 Å². The molecule has 7 nitrogen and oxygen atoms in total. The maximum atomic E-state index is 12.3. The van der Waals surface area contributed by atoms with Crippen molar-refractivity contribution in [3.8, 4) is 6.07 Å². The predicted octanol–water partition coefficient (Wildman–Crippen LogP) is 3.37. The van der Waals surface area contributed by atoms with Crippen LogP contribution in [0, 0.1) is 21.4 Å². The normalized spacial score (nSPS) is 11.2. The molecular weight excluding hydrogens is 320 g/mol. The largest absolute Gasteiger partial charge is 0.334 e. The van der Waals surface area contributed by atoms with Gasteiger partial charge in [0.05, 0.1) is 22.6 Å². The molecule has 25 heavy (non-hydrogen) atoms. The van der Waals surface area contributed by atoms with Crippen LogP contribution >= 0.6 is 0 Å². The van der Waals surface area contributed by atoms with Crippen LogP contribution in [0.4, 0.5) is 10.5 Å². The van der Waals surface area contributed by atoms with E-state index >= 15 is 0 Å². The Bertz CT molecular complexity index is 829. The number of carbonyl (C=O) groups is 1. The van der Waals surface area contributed by atoms with E-state index in [-0.39, 0.29) is 17.8 Å². The molecular formula is C18H18N4O3. The van der Waals surface area contributed by atoms with E-state index in [2.05, 4.69) is 11.4 Å². The molecule has 0 aromatic heterocycles. The quantitative estimate of drug-likeness (QED) is 0.667. The summed E-state index contributed by atoms with van der Waals surface area (Å²) in [6.07, 6.45) is 0. The minimum Gasteiger partial charge on any atom is -0.334 e. The van der Waals surface area contributed by atoms with Crippen molar-refractivity contribution in [2.24, 2.45) is 0 Å². The van der Waals surface area contributed by atoms with Gasteiger partial charge in [-0.15, -0.1) is 0 Å². The van der Waals surface area contributed by atoms with E-state index in [9.17, 15) is 14.9 Å². The lowest BCUT2D eigenvalue weighted by Gasteiger charge is -2.25. The van der Waals surface area contributed by atoms with Crippen molar-refractivity contribution >= 4 is 11.7 Å².